The predicted octanol–water partition coefficient (Wildman–Crippen LogP) is 2.10. The van der Waals surface area contributed by atoms with E-state index in [0.717, 1.165) is 11.4 Å². The van der Waals surface area contributed by atoms with Gasteiger partial charge in [0.25, 0.3) is 5.56 Å². The Balaban J connectivity index is 1.88. The Morgan fingerprint density at radius 2 is 2.00 bits per heavy atom. The van der Waals surface area contributed by atoms with Crippen LogP contribution in [-0.2, 0) is 17.8 Å². The number of nitrogens with one attached hydrogen (secondary N) is 1. The van der Waals surface area contributed by atoms with Crippen molar-refractivity contribution in [2.24, 2.45) is 5.92 Å². The van der Waals surface area contributed by atoms with Crippen molar-refractivity contribution in [1.82, 2.24) is 14.7 Å². The number of hydrogen-bond acceptors (Lipinski definition) is 2. The summed E-state index contributed by atoms with van der Waals surface area (Å²) >= 11 is 0. The van der Waals surface area contributed by atoms with Crippen LogP contribution in [0.15, 0.2) is 35.1 Å². The zero-order chi connectivity index (χ0) is 15.7. The van der Waals surface area contributed by atoms with Crippen molar-refractivity contribution >= 4 is 5.91 Å². The highest BCUT2D eigenvalue weighted by Gasteiger charge is 2.26. The van der Waals surface area contributed by atoms with Gasteiger partial charge in [0, 0.05) is 25.1 Å². The Kier molecular flexibility index (Phi) is 3.88. The predicted molar refractivity (Wildman–Crippen MR) is 85.0 cm³/mol. The quantitative estimate of drug-likeness (QED) is 0.943. The second-order valence-electron chi connectivity index (χ2n) is 6.21. The smallest absolute Gasteiger partial charge is 0.276 e. The topological polar surface area (TPSA) is 58.1 Å². The number of benzene rings is 1. The number of nitrogens with zero attached hydrogens (tertiary/aromatic N) is 2. The molecule has 1 aromatic heterocycles. The van der Waals surface area contributed by atoms with E-state index < -0.39 is 0 Å². The van der Waals surface area contributed by atoms with Gasteiger partial charge in [-0.3, -0.25) is 14.7 Å². The minimum absolute atomic E-state index is 0.0525. The highest BCUT2D eigenvalue weighted by molar-refractivity contribution is 5.76. The number of rotatable bonds is 3. The molecule has 1 N–H and O–H groups in total. The van der Waals surface area contributed by atoms with Crippen LogP contribution < -0.4 is 5.56 Å². The number of para-hydroxylation sites is 1. The van der Waals surface area contributed by atoms with Gasteiger partial charge in [-0.25, -0.2) is 4.68 Å². The van der Waals surface area contributed by atoms with Crippen molar-refractivity contribution in [3.63, 3.8) is 0 Å². The number of aromatic nitrogens is 2. The maximum absolute atomic E-state index is 12.6. The monoisotopic (exact) mass is 299 g/mol. The fourth-order valence-electron chi connectivity index (χ4n) is 2.85. The summed E-state index contributed by atoms with van der Waals surface area (Å²) in [5.74, 6) is 0.466. The largest absolute Gasteiger partial charge is 0.338 e. The molecule has 1 aromatic carbocycles. The molecule has 5 nitrogen and oxygen atoms in total. The van der Waals surface area contributed by atoms with Gasteiger partial charge in [-0.1, -0.05) is 32.0 Å². The van der Waals surface area contributed by atoms with Crippen LogP contribution in [0.4, 0.5) is 0 Å². The first-order chi connectivity index (χ1) is 10.6. The van der Waals surface area contributed by atoms with Crippen LogP contribution in [0.5, 0.6) is 0 Å². The van der Waals surface area contributed by atoms with Crippen LogP contribution in [0.1, 0.15) is 31.5 Å². The van der Waals surface area contributed by atoms with Gasteiger partial charge in [-0.05, 0) is 18.1 Å². The molecule has 1 aliphatic rings. The maximum Gasteiger partial charge on any atom is 0.276 e. The third-order valence-electron chi connectivity index (χ3n) is 4.00. The van der Waals surface area contributed by atoms with E-state index in [-0.39, 0.29) is 11.5 Å². The first-order valence-corrected chi connectivity index (χ1v) is 7.72. The summed E-state index contributed by atoms with van der Waals surface area (Å²) in [6, 6.07) is 9.51. The summed E-state index contributed by atoms with van der Waals surface area (Å²) in [4.78, 5) is 26.6. The second-order valence-corrected chi connectivity index (χ2v) is 6.21. The molecule has 0 saturated carbocycles. The number of H-pyrrole nitrogens is 1. The van der Waals surface area contributed by atoms with E-state index in [0.29, 0.717) is 37.4 Å². The summed E-state index contributed by atoms with van der Waals surface area (Å²) in [6.07, 6.45) is 1.24. The van der Waals surface area contributed by atoms with E-state index in [1.807, 2.05) is 44.2 Å². The first kappa shape index (κ1) is 14.6. The van der Waals surface area contributed by atoms with Crippen LogP contribution >= 0.6 is 0 Å². The molecule has 2 heterocycles. The number of carbonyl (C=O) groups is 1. The van der Waals surface area contributed by atoms with E-state index in [2.05, 4.69) is 5.10 Å². The number of carbonyl (C=O) groups excluding carboxylic acids is 1. The van der Waals surface area contributed by atoms with Crippen LogP contribution in [0.2, 0.25) is 0 Å². The molecule has 0 aliphatic carbocycles. The van der Waals surface area contributed by atoms with Crippen molar-refractivity contribution in [3.05, 3.63) is 51.9 Å². The highest BCUT2D eigenvalue weighted by atomic mass is 16.2. The summed E-state index contributed by atoms with van der Waals surface area (Å²) in [6.45, 7) is 5.15. The molecule has 0 bridgehead atoms. The van der Waals surface area contributed by atoms with Gasteiger partial charge in [0.05, 0.1) is 17.8 Å². The van der Waals surface area contributed by atoms with Crippen LogP contribution in [0.25, 0.3) is 5.69 Å². The molecule has 22 heavy (non-hydrogen) atoms. The van der Waals surface area contributed by atoms with Crippen LogP contribution in [0, 0.1) is 5.92 Å². The lowest BCUT2D eigenvalue weighted by Crippen LogP contribution is -2.38. The van der Waals surface area contributed by atoms with Crippen molar-refractivity contribution < 1.29 is 4.79 Å². The second kappa shape index (κ2) is 5.83. The van der Waals surface area contributed by atoms with Gasteiger partial charge in [0.2, 0.25) is 5.91 Å². The lowest BCUT2D eigenvalue weighted by Gasteiger charge is -2.26. The SMILES string of the molecule is CC(C)CC(=O)N1CCc2[nH]n(-c3ccccc3)c(=O)c2C1. The third kappa shape index (κ3) is 2.71. The molecule has 1 amide bonds. The van der Waals surface area contributed by atoms with E-state index in [1.165, 1.54) is 0 Å². The van der Waals surface area contributed by atoms with Gasteiger partial charge in [-0.15, -0.1) is 0 Å². The Bertz CT molecular complexity index is 728. The van der Waals surface area contributed by atoms with Crippen LogP contribution in [0.3, 0.4) is 0 Å². The lowest BCUT2D eigenvalue weighted by molar-refractivity contribution is -0.132. The maximum atomic E-state index is 12.6. The number of hydrogen-bond donors (Lipinski definition) is 1. The summed E-state index contributed by atoms with van der Waals surface area (Å²) < 4.78 is 1.57. The molecule has 5 heteroatoms. The zero-order valence-corrected chi connectivity index (χ0v) is 13.0. The third-order valence-corrected chi connectivity index (χ3v) is 4.00. The fourth-order valence-corrected chi connectivity index (χ4v) is 2.85. The number of aromatic amines is 1. The molecule has 0 unspecified atom stereocenters. The molecule has 1 aliphatic heterocycles. The molecular formula is C17H21N3O2. The van der Waals surface area contributed by atoms with Gasteiger partial charge in [-0.2, -0.15) is 0 Å². The highest BCUT2D eigenvalue weighted by Crippen LogP contribution is 2.17. The summed E-state index contributed by atoms with van der Waals surface area (Å²) in [7, 11) is 0. The van der Waals surface area contributed by atoms with Crippen molar-refractivity contribution in [2.45, 2.75) is 33.2 Å². The molecule has 0 radical (unpaired) electrons. The fraction of sp³-hybridized carbons (Fsp3) is 0.412. The first-order valence-electron chi connectivity index (χ1n) is 7.72. The summed E-state index contributed by atoms with van der Waals surface area (Å²) in [5, 5.41) is 3.18. The minimum atomic E-state index is -0.0525. The van der Waals surface area contributed by atoms with E-state index in [1.54, 1.807) is 9.58 Å². The molecule has 0 spiro atoms. The molecular weight excluding hydrogens is 278 g/mol. The molecule has 2 aromatic rings. The molecule has 0 atom stereocenters. The van der Waals surface area contributed by atoms with Gasteiger partial charge >= 0.3 is 0 Å². The zero-order valence-electron chi connectivity index (χ0n) is 13.0. The van der Waals surface area contributed by atoms with Gasteiger partial charge in [0.1, 0.15) is 0 Å². The minimum Gasteiger partial charge on any atom is -0.338 e. The Hall–Kier alpha value is -2.30. The Labute approximate surface area is 129 Å². The lowest BCUT2D eigenvalue weighted by atomic mass is 10.1. The average Bonchev–Trinajstić information content (AvgIpc) is 2.84. The van der Waals surface area contributed by atoms with E-state index >= 15 is 0 Å². The van der Waals surface area contributed by atoms with Crippen molar-refractivity contribution in [1.29, 1.82) is 0 Å². The van der Waals surface area contributed by atoms with Crippen molar-refractivity contribution in [2.75, 3.05) is 6.54 Å². The molecule has 116 valence electrons. The van der Waals surface area contributed by atoms with E-state index in [9.17, 15) is 9.59 Å². The van der Waals surface area contributed by atoms with Gasteiger partial charge < -0.3 is 4.90 Å². The number of amides is 1. The van der Waals surface area contributed by atoms with E-state index in [4.69, 9.17) is 0 Å². The number of fused-ring (bicyclic) bond motifs is 1. The molecule has 3 rings (SSSR count). The van der Waals surface area contributed by atoms with Crippen LogP contribution in [-0.4, -0.2) is 27.1 Å². The van der Waals surface area contributed by atoms with Gasteiger partial charge in [0.15, 0.2) is 0 Å². The summed E-state index contributed by atoms with van der Waals surface area (Å²) in [5.41, 5.74) is 2.43. The molecule has 0 saturated heterocycles. The normalized spacial score (nSPS) is 14.2. The Morgan fingerprint density at radius 1 is 1.27 bits per heavy atom. The molecule has 0 fully saturated rings. The average molecular weight is 299 g/mol. The standard InChI is InChI=1S/C17H21N3O2/c1-12(2)10-16(21)19-9-8-15-14(11-19)17(22)20(18-15)13-6-4-3-5-7-13/h3-7,12,18H,8-11H2,1-2H3. The Morgan fingerprint density at radius 3 is 2.68 bits per heavy atom. The van der Waals surface area contributed by atoms with Crippen molar-refractivity contribution in [3.8, 4) is 5.69 Å².